The van der Waals surface area contributed by atoms with Crippen LogP contribution in [0.25, 0.3) is 0 Å². The number of amides is 1. The van der Waals surface area contributed by atoms with E-state index in [-0.39, 0.29) is 5.56 Å². The van der Waals surface area contributed by atoms with E-state index in [2.05, 4.69) is 5.10 Å². The van der Waals surface area contributed by atoms with E-state index in [1.54, 1.807) is 0 Å². The van der Waals surface area contributed by atoms with Gasteiger partial charge in [-0.3, -0.25) is 4.79 Å². The summed E-state index contributed by atoms with van der Waals surface area (Å²) in [4.78, 5) is 10.6. The molecule has 0 aliphatic rings. The van der Waals surface area contributed by atoms with Gasteiger partial charge in [0.05, 0.1) is 5.56 Å². The quantitative estimate of drug-likeness (QED) is 0.577. The third kappa shape index (κ3) is 2.22. The molecule has 0 atom stereocenters. The van der Waals surface area contributed by atoms with E-state index >= 15 is 0 Å². The van der Waals surface area contributed by atoms with Crippen molar-refractivity contribution in [1.29, 1.82) is 0 Å². The highest BCUT2D eigenvalue weighted by Gasteiger charge is 2.16. The van der Waals surface area contributed by atoms with Crippen molar-refractivity contribution in [3.05, 3.63) is 24.0 Å². The van der Waals surface area contributed by atoms with Gasteiger partial charge >= 0.3 is 10.0 Å². The molecule has 1 heterocycles. The zero-order valence-electron chi connectivity index (χ0n) is 6.84. The largest absolute Gasteiger partial charge is 0.389 e. The Balaban J connectivity index is 3.16. The van der Waals surface area contributed by atoms with E-state index in [4.69, 9.17) is 5.73 Å². The maximum atomic E-state index is 10.9. The van der Waals surface area contributed by atoms with Gasteiger partial charge < -0.3 is 5.73 Å². The second kappa shape index (κ2) is 3.09. The van der Waals surface area contributed by atoms with Crippen LogP contribution >= 0.6 is 0 Å². The van der Waals surface area contributed by atoms with Crippen LogP contribution in [0.5, 0.6) is 0 Å². The van der Waals surface area contributed by atoms with Crippen LogP contribution in [-0.2, 0) is 10.0 Å². The molecular formula is C6H8N3O3S+. The Bertz CT molecular complexity index is 423. The van der Waals surface area contributed by atoms with Crippen molar-refractivity contribution in [2.75, 3.05) is 6.26 Å². The van der Waals surface area contributed by atoms with E-state index in [0.29, 0.717) is 0 Å². The van der Waals surface area contributed by atoms with Crippen molar-refractivity contribution < 1.29 is 17.3 Å². The van der Waals surface area contributed by atoms with Gasteiger partial charge in [-0.1, -0.05) is 0 Å². The first-order valence-electron chi connectivity index (χ1n) is 3.29. The lowest BCUT2D eigenvalue weighted by atomic mass is 10.3. The lowest BCUT2D eigenvalue weighted by Crippen LogP contribution is -2.45. The Morgan fingerprint density at radius 1 is 1.62 bits per heavy atom. The monoisotopic (exact) mass is 202 g/mol. The molecule has 0 saturated carbocycles. The first-order valence-corrected chi connectivity index (χ1v) is 5.14. The molecule has 0 spiro atoms. The van der Waals surface area contributed by atoms with Gasteiger partial charge in [0.1, 0.15) is 12.5 Å². The van der Waals surface area contributed by atoms with Crippen molar-refractivity contribution in [2.45, 2.75) is 0 Å². The Morgan fingerprint density at radius 2 is 2.23 bits per heavy atom. The minimum absolute atomic E-state index is 0.167. The molecule has 13 heavy (non-hydrogen) atoms. The summed E-state index contributed by atoms with van der Waals surface area (Å²) in [5.41, 5.74) is 5.10. The van der Waals surface area contributed by atoms with E-state index < -0.39 is 15.9 Å². The minimum Gasteiger partial charge on any atom is -0.366 e. The van der Waals surface area contributed by atoms with Crippen molar-refractivity contribution in [1.82, 2.24) is 5.10 Å². The van der Waals surface area contributed by atoms with Gasteiger partial charge in [-0.25, -0.2) is 0 Å². The Labute approximate surface area is 75.0 Å². The molecule has 0 saturated heterocycles. The van der Waals surface area contributed by atoms with Gasteiger partial charge in [-0.2, -0.15) is 8.42 Å². The molecule has 0 aliphatic heterocycles. The normalized spacial score (nSPS) is 11.2. The Kier molecular flexibility index (Phi) is 2.28. The summed E-state index contributed by atoms with van der Waals surface area (Å²) >= 11 is 0. The van der Waals surface area contributed by atoms with Crippen LogP contribution in [0.15, 0.2) is 18.5 Å². The van der Waals surface area contributed by atoms with Crippen molar-refractivity contribution in [3.63, 3.8) is 0 Å². The van der Waals surface area contributed by atoms with Crippen LogP contribution in [0.3, 0.4) is 0 Å². The zero-order chi connectivity index (χ0) is 10.1. The topological polar surface area (TPSA) is 94.0 Å². The van der Waals surface area contributed by atoms with Gasteiger partial charge in [0.2, 0.25) is 6.20 Å². The molecule has 0 radical (unpaired) electrons. The highest BCUT2D eigenvalue weighted by Crippen LogP contribution is 1.90. The van der Waals surface area contributed by atoms with Crippen LogP contribution in [0.4, 0.5) is 0 Å². The van der Waals surface area contributed by atoms with E-state index in [1.165, 1.54) is 6.07 Å². The summed E-state index contributed by atoms with van der Waals surface area (Å²) in [5, 5.41) is 3.50. The fraction of sp³-hybridized carbons (Fsp3) is 0.167. The first-order chi connectivity index (χ1) is 5.91. The third-order valence-electron chi connectivity index (χ3n) is 1.32. The molecule has 1 rings (SSSR count). The average molecular weight is 202 g/mol. The van der Waals surface area contributed by atoms with Crippen molar-refractivity contribution in [2.24, 2.45) is 5.73 Å². The van der Waals surface area contributed by atoms with E-state index in [1.807, 2.05) is 0 Å². The van der Waals surface area contributed by atoms with Crippen LogP contribution in [0.2, 0.25) is 0 Å². The van der Waals surface area contributed by atoms with Crippen LogP contribution < -0.4 is 9.82 Å². The number of aromatic nitrogens is 2. The summed E-state index contributed by atoms with van der Waals surface area (Å²) in [6.07, 6.45) is 3.27. The van der Waals surface area contributed by atoms with Gasteiger partial charge in [-0.15, -0.1) is 0 Å². The number of hydrogen-bond acceptors (Lipinski definition) is 4. The van der Waals surface area contributed by atoms with E-state index in [0.717, 1.165) is 22.7 Å². The summed E-state index contributed by atoms with van der Waals surface area (Å²) in [6.45, 7) is 0. The zero-order valence-corrected chi connectivity index (χ0v) is 7.65. The standard InChI is InChI=1S/C6H7N3O3S/c1-13(11,12)9-3-2-5(4-8-9)6(7)10/h2-4H,1H3,(H-,7,10)/p+1. The lowest BCUT2D eigenvalue weighted by molar-refractivity contribution is -0.579. The van der Waals surface area contributed by atoms with Crippen LogP contribution in [0.1, 0.15) is 10.4 Å². The molecule has 6 nitrogen and oxygen atoms in total. The molecule has 70 valence electrons. The van der Waals surface area contributed by atoms with Gasteiger partial charge in [0.15, 0.2) is 0 Å². The minimum atomic E-state index is -3.39. The molecule has 2 N–H and O–H groups in total. The molecule has 0 fully saturated rings. The van der Waals surface area contributed by atoms with Crippen LogP contribution in [0, 0.1) is 0 Å². The Hall–Kier alpha value is -1.50. The molecule has 0 aliphatic carbocycles. The predicted molar refractivity (Wildman–Crippen MR) is 43.2 cm³/mol. The fourth-order valence-corrected chi connectivity index (χ4v) is 1.19. The van der Waals surface area contributed by atoms with Gasteiger partial charge in [0, 0.05) is 15.3 Å². The fourth-order valence-electron chi connectivity index (χ4n) is 0.687. The second-order valence-electron chi connectivity index (χ2n) is 2.42. The molecule has 0 aromatic carbocycles. The SMILES string of the molecule is CS(=O)(=O)[n+]1ccc(C(N)=O)cn1. The molecule has 0 bridgehead atoms. The highest BCUT2D eigenvalue weighted by molar-refractivity contribution is 7.84. The molecule has 0 unspecified atom stereocenters. The third-order valence-corrected chi connectivity index (χ3v) is 2.21. The maximum absolute atomic E-state index is 10.9. The maximum Gasteiger partial charge on any atom is 0.389 e. The lowest BCUT2D eigenvalue weighted by Gasteiger charge is -1.91. The molecule has 1 aromatic heterocycles. The number of carbonyl (C=O) groups excluding carboxylic acids is 1. The van der Waals surface area contributed by atoms with Crippen molar-refractivity contribution >= 4 is 15.9 Å². The smallest absolute Gasteiger partial charge is 0.366 e. The van der Waals surface area contributed by atoms with E-state index in [9.17, 15) is 13.2 Å². The molecule has 1 amide bonds. The average Bonchev–Trinajstić information content (AvgIpc) is 2.03. The summed E-state index contributed by atoms with van der Waals surface area (Å²) in [6, 6.07) is 1.29. The number of rotatable bonds is 2. The first kappa shape index (κ1) is 9.59. The number of nitrogens with zero attached hydrogens (tertiary/aromatic N) is 2. The molecule has 1 aromatic rings. The molecular weight excluding hydrogens is 194 g/mol. The molecule has 7 heteroatoms. The number of carbonyl (C=O) groups is 1. The van der Waals surface area contributed by atoms with Gasteiger partial charge in [-0.05, 0) is 0 Å². The number of primary amides is 1. The highest BCUT2D eigenvalue weighted by atomic mass is 32.2. The number of hydrogen-bond donors (Lipinski definition) is 1. The summed E-state index contributed by atoms with van der Waals surface area (Å²) in [7, 11) is -3.39. The van der Waals surface area contributed by atoms with Crippen LogP contribution in [-0.4, -0.2) is 25.7 Å². The number of nitrogens with two attached hydrogens (primary N) is 1. The second-order valence-corrected chi connectivity index (χ2v) is 4.26. The predicted octanol–water partition coefficient (Wildman–Crippen LogP) is -1.72. The van der Waals surface area contributed by atoms with Crippen molar-refractivity contribution in [3.8, 4) is 0 Å². The Morgan fingerprint density at radius 3 is 2.54 bits per heavy atom. The summed E-state index contributed by atoms with van der Waals surface area (Å²) < 4.78 is 22.5. The summed E-state index contributed by atoms with van der Waals surface area (Å²) in [5.74, 6) is -0.645. The van der Waals surface area contributed by atoms with Gasteiger partial charge in [0.25, 0.3) is 5.91 Å².